The Morgan fingerprint density at radius 1 is 0.931 bits per heavy atom. The van der Waals surface area contributed by atoms with Gasteiger partial charge in [-0.05, 0) is 32.0 Å². The molecule has 1 aromatic carbocycles. The van der Waals surface area contributed by atoms with Crippen LogP contribution in [0.3, 0.4) is 0 Å². The number of hydrogen-bond donors (Lipinski definition) is 2. The summed E-state index contributed by atoms with van der Waals surface area (Å²) in [4.78, 5) is 48.6. The summed E-state index contributed by atoms with van der Waals surface area (Å²) in [5.74, 6) is -4.98. The molecule has 4 atom stereocenters. The highest BCUT2D eigenvalue weighted by Gasteiger charge is 2.53. The van der Waals surface area contributed by atoms with Crippen molar-refractivity contribution in [1.29, 1.82) is 0 Å². The number of carbonyl (C=O) groups is 4. The second kappa shape index (κ2) is 8.44. The van der Waals surface area contributed by atoms with E-state index >= 15 is 0 Å². The van der Waals surface area contributed by atoms with Crippen LogP contribution in [-0.4, -0.2) is 54.3 Å². The van der Waals surface area contributed by atoms with Gasteiger partial charge in [0, 0.05) is 5.69 Å². The lowest BCUT2D eigenvalue weighted by atomic mass is 9.82. The number of benzene rings is 1. The lowest BCUT2D eigenvalue weighted by Crippen LogP contribution is -2.39. The van der Waals surface area contributed by atoms with Gasteiger partial charge in [-0.15, -0.1) is 0 Å². The highest BCUT2D eigenvalue weighted by molar-refractivity contribution is 6.01. The molecule has 2 N–H and O–H groups in total. The minimum absolute atomic E-state index is 0.0616. The van der Waals surface area contributed by atoms with E-state index in [2.05, 4.69) is 5.32 Å². The number of ether oxygens (including phenoxy) is 3. The topological polar surface area (TPSA) is 128 Å². The van der Waals surface area contributed by atoms with E-state index in [-0.39, 0.29) is 30.0 Å². The Labute approximate surface area is 166 Å². The standard InChI is InChI=1S/C20H21NO8/c1-3-27-19(25)10-7-11(20(26)28-4-2)9-12(8-10)21-17(22)15-13-5-6-14(29-13)16(15)18(23)24/h5-9,13-16H,3-4H2,1-2H3,(H,21,22)(H,23,24)/t13-,14-,15+,16+/m1/s1. The summed E-state index contributed by atoms with van der Waals surface area (Å²) in [5, 5.41) is 12.1. The molecule has 29 heavy (non-hydrogen) atoms. The van der Waals surface area contributed by atoms with Crippen LogP contribution in [-0.2, 0) is 23.8 Å². The van der Waals surface area contributed by atoms with Gasteiger partial charge in [0.15, 0.2) is 0 Å². The van der Waals surface area contributed by atoms with Gasteiger partial charge in [-0.2, -0.15) is 0 Å². The summed E-state index contributed by atoms with van der Waals surface area (Å²) in [6.07, 6.45) is 1.99. The first-order valence-electron chi connectivity index (χ1n) is 9.22. The van der Waals surface area contributed by atoms with Crippen LogP contribution in [0.25, 0.3) is 0 Å². The van der Waals surface area contributed by atoms with E-state index in [1.165, 1.54) is 18.2 Å². The van der Waals surface area contributed by atoms with Crippen LogP contribution in [0.2, 0.25) is 0 Å². The molecule has 1 amide bonds. The number of carboxylic acids is 1. The molecule has 0 aliphatic carbocycles. The molecule has 2 heterocycles. The van der Waals surface area contributed by atoms with Crippen molar-refractivity contribution in [2.45, 2.75) is 26.1 Å². The number of fused-ring (bicyclic) bond motifs is 2. The zero-order chi connectivity index (χ0) is 21.1. The molecule has 1 saturated heterocycles. The molecule has 154 valence electrons. The van der Waals surface area contributed by atoms with Crippen LogP contribution in [0.1, 0.15) is 34.6 Å². The molecule has 0 unspecified atom stereocenters. The zero-order valence-electron chi connectivity index (χ0n) is 15.9. The van der Waals surface area contributed by atoms with Crippen molar-refractivity contribution in [3.63, 3.8) is 0 Å². The second-order valence-corrected chi connectivity index (χ2v) is 6.57. The lowest BCUT2D eigenvalue weighted by Gasteiger charge is -2.21. The molecule has 3 rings (SSSR count). The van der Waals surface area contributed by atoms with Crippen molar-refractivity contribution in [1.82, 2.24) is 0 Å². The largest absolute Gasteiger partial charge is 0.481 e. The summed E-state index contributed by atoms with van der Waals surface area (Å²) in [6, 6.07) is 4.03. The van der Waals surface area contributed by atoms with Crippen LogP contribution >= 0.6 is 0 Å². The Hall–Kier alpha value is -3.20. The average Bonchev–Trinajstić information content (AvgIpc) is 3.29. The molecule has 2 bridgehead atoms. The van der Waals surface area contributed by atoms with Crippen LogP contribution in [0.5, 0.6) is 0 Å². The normalized spacial score (nSPS) is 24.2. The van der Waals surface area contributed by atoms with Gasteiger partial charge in [0.1, 0.15) is 5.92 Å². The Morgan fingerprint density at radius 2 is 1.45 bits per heavy atom. The fraction of sp³-hybridized carbons (Fsp3) is 0.400. The van der Waals surface area contributed by atoms with Gasteiger partial charge in [0.2, 0.25) is 5.91 Å². The number of esters is 2. The Morgan fingerprint density at radius 3 is 1.93 bits per heavy atom. The predicted octanol–water partition coefficient (Wildman–Crippen LogP) is 1.63. The van der Waals surface area contributed by atoms with Gasteiger partial charge >= 0.3 is 17.9 Å². The third kappa shape index (κ3) is 4.14. The Kier molecular flexibility index (Phi) is 5.97. The molecule has 0 spiro atoms. The molecule has 1 fully saturated rings. The van der Waals surface area contributed by atoms with E-state index in [0.717, 1.165) is 0 Å². The number of aliphatic carboxylic acids is 1. The van der Waals surface area contributed by atoms with Gasteiger partial charge < -0.3 is 24.6 Å². The third-order valence-electron chi connectivity index (χ3n) is 4.71. The van der Waals surface area contributed by atoms with E-state index in [1.54, 1.807) is 26.0 Å². The van der Waals surface area contributed by atoms with Gasteiger partial charge in [-0.25, -0.2) is 9.59 Å². The van der Waals surface area contributed by atoms with Crippen LogP contribution in [0, 0.1) is 11.8 Å². The third-order valence-corrected chi connectivity index (χ3v) is 4.71. The van der Waals surface area contributed by atoms with Gasteiger partial charge in [0.25, 0.3) is 0 Å². The van der Waals surface area contributed by atoms with Crippen molar-refractivity contribution >= 4 is 29.5 Å². The molecule has 2 aliphatic rings. The molecule has 9 nitrogen and oxygen atoms in total. The van der Waals surface area contributed by atoms with E-state index in [9.17, 15) is 24.3 Å². The minimum atomic E-state index is -1.13. The fourth-order valence-electron chi connectivity index (χ4n) is 3.50. The smallest absolute Gasteiger partial charge is 0.338 e. The SMILES string of the molecule is CCOC(=O)c1cc(NC(=O)[C@@H]2[C@@H](C(=O)O)[C@H]3C=C[C@H]2O3)cc(C(=O)OCC)c1. The monoisotopic (exact) mass is 403 g/mol. The fourth-order valence-corrected chi connectivity index (χ4v) is 3.50. The number of nitrogens with one attached hydrogen (secondary N) is 1. The van der Waals surface area contributed by atoms with Crippen molar-refractivity contribution in [2.24, 2.45) is 11.8 Å². The summed E-state index contributed by atoms with van der Waals surface area (Å²) in [5.41, 5.74) is 0.276. The van der Waals surface area contributed by atoms with E-state index in [4.69, 9.17) is 14.2 Å². The molecular formula is C20H21NO8. The Balaban J connectivity index is 1.88. The van der Waals surface area contributed by atoms with Crippen LogP contribution in [0.4, 0.5) is 5.69 Å². The molecule has 9 heteroatoms. The maximum atomic E-state index is 12.8. The summed E-state index contributed by atoms with van der Waals surface area (Å²) >= 11 is 0. The summed E-state index contributed by atoms with van der Waals surface area (Å²) in [6.45, 7) is 3.56. The van der Waals surface area contributed by atoms with E-state index in [0.29, 0.717) is 0 Å². The molecule has 2 aliphatic heterocycles. The number of hydrogen-bond acceptors (Lipinski definition) is 7. The minimum Gasteiger partial charge on any atom is -0.481 e. The zero-order valence-corrected chi connectivity index (χ0v) is 15.9. The molecule has 0 saturated carbocycles. The number of anilines is 1. The van der Waals surface area contributed by atoms with Gasteiger partial charge in [-0.1, -0.05) is 12.2 Å². The highest BCUT2D eigenvalue weighted by Crippen LogP contribution is 2.40. The summed E-state index contributed by atoms with van der Waals surface area (Å²) in [7, 11) is 0. The van der Waals surface area contributed by atoms with Gasteiger partial charge in [-0.3, -0.25) is 9.59 Å². The molecule has 0 aromatic heterocycles. The maximum absolute atomic E-state index is 12.8. The Bertz CT molecular complexity index is 841. The quantitative estimate of drug-likeness (QED) is 0.519. The first kappa shape index (κ1) is 20.5. The van der Waals surface area contributed by atoms with Crippen LogP contribution < -0.4 is 5.32 Å². The number of amides is 1. The molecular weight excluding hydrogens is 382 g/mol. The van der Waals surface area contributed by atoms with Crippen molar-refractivity contribution in [3.8, 4) is 0 Å². The first-order valence-corrected chi connectivity index (χ1v) is 9.22. The lowest BCUT2D eigenvalue weighted by molar-refractivity contribution is -0.145. The number of carboxylic acid groups (broad SMARTS) is 1. The van der Waals surface area contributed by atoms with Crippen molar-refractivity contribution in [3.05, 3.63) is 41.5 Å². The molecule has 0 radical (unpaired) electrons. The van der Waals surface area contributed by atoms with E-state index < -0.39 is 47.9 Å². The van der Waals surface area contributed by atoms with Crippen LogP contribution in [0.15, 0.2) is 30.4 Å². The number of rotatable bonds is 7. The first-order chi connectivity index (χ1) is 13.8. The second-order valence-electron chi connectivity index (χ2n) is 6.57. The van der Waals surface area contributed by atoms with Gasteiger partial charge in [0.05, 0.1) is 42.5 Å². The van der Waals surface area contributed by atoms with Crippen molar-refractivity contribution in [2.75, 3.05) is 18.5 Å². The van der Waals surface area contributed by atoms with E-state index in [1.807, 2.05) is 0 Å². The summed E-state index contributed by atoms with van der Waals surface area (Å²) < 4.78 is 15.4. The number of carbonyl (C=O) groups excluding carboxylic acids is 3. The molecule has 1 aromatic rings. The predicted molar refractivity (Wildman–Crippen MR) is 99.4 cm³/mol. The van der Waals surface area contributed by atoms with Crippen molar-refractivity contribution < 1.29 is 38.5 Å². The maximum Gasteiger partial charge on any atom is 0.338 e. The highest BCUT2D eigenvalue weighted by atomic mass is 16.5. The average molecular weight is 403 g/mol.